The van der Waals surface area contributed by atoms with E-state index in [0.717, 1.165) is 25.7 Å². The summed E-state index contributed by atoms with van der Waals surface area (Å²) in [5, 5.41) is 0. The molecule has 0 spiro atoms. The number of hydrogen-bond acceptors (Lipinski definition) is 4. The Bertz CT molecular complexity index is 636. The van der Waals surface area contributed by atoms with E-state index in [9.17, 15) is 12.8 Å². The smallest absolute Gasteiger partial charge is 0.243 e. The van der Waals surface area contributed by atoms with Crippen LogP contribution in [0.3, 0.4) is 0 Å². The first-order valence-electron chi connectivity index (χ1n) is 7.56. The first kappa shape index (κ1) is 15.9. The van der Waals surface area contributed by atoms with Crippen LogP contribution in [0.2, 0.25) is 0 Å². The molecule has 2 aliphatic rings. The Morgan fingerprint density at radius 3 is 2.59 bits per heavy atom. The van der Waals surface area contributed by atoms with Crippen molar-refractivity contribution in [2.45, 2.75) is 24.3 Å². The zero-order chi connectivity index (χ0) is 15.7. The van der Waals surface area contributed by atoms with E-state index in [1.54, 1.807) is 6.92 Å². The van der Waals surface area contributed by atoms with Gasteiger partial charge in [0.1, 0.15) is 5.82 Å². The normalized spacial score (nSPS) is 24.7. The summed E-state index contributed by atoms with van der Waals surface area (Å²) in [6, 6.07) is 4.31. The van der Waals surface area contributed by atoms with E-state index in [1.165, 1.54) is 16.4 Å². The molecule has 0 N–H and O–H groups in total. The molecule has 0 radical (unpaired) electrons. The van der Waals surface area contributed by atoms with Gasteiger partial charge in [-0.15, -0.1) is 0 Å². The third-order valence-corrected chi connectivity index (χ3v) is 6.50. The molecule has 0 amide bonds. The molecule has 0 aliphatic carbocycles. The van der Waals surface area contributed by atoms with Gasteiger partial charge in [-0.3, -0.25) is 4.90 Å². The number of halogens is 1. The van der Waals surface area contributed by atoms with Crippen molar-refractivity contribution in [3.05, 3.63) is 29.6 Å². The summed E-state index contributed by atoms with van der Waals surface area (Å²) in [6.07, 6.45) is 1.01. The molecule has 1 aromatic carbocycles. The highest BCUT2D eigenvalue weighted by Crippen LogP contribution is 2.23. The third kappa shape index (κ3) is 3.03. The van der Waals surface area contributed by atoms with E-state index in [-0.39, 0.29) is 4.90 Å². The summed E-state index contributed by atoms with van der Waals surface area (Å²) in [7, 11) is -3.63. The standard InChI is InChI=1S/C15H21FN2O3S/c1-12-2-3-13(16)10-15(12)22(19,20)18-7-5-17(6-8-18)14-4-9-21-11-14/h2-3,10,14H,4-9,11H2,1H3/t14-/m1/s1. The molecule has 2 fully saturated rings. The first-order valence-corrected chi connectivity index (χ1v) is 9.00. The van der Waals surface area contributed by atoms with Gasteiger partial charge in [0.05, 0.1) is 11.5 Å². The molecule has 122 valence electrons. The molecule has 2 heterocycles. The lowest BCUT2D eigenvalue weighted by Gasteiger charge is -2.37. The summed E-state index contributed by atoms with van der Waals surface area (Å²) in [5.74, 6) is -0.522. The molecule has 2 aliphatic heterocycles. The van der Waals surface area contributed by atoms with Crippen LogP contribution in [0.1, 0.15) is 12.0 Å². The van der Waals surface area contributed by atoms with Gasteiger partial charge in [0, 0.05) is 38.8 Å². The molecule has 5 nitrogen and oxygen atoms in total. The maximum absolute atomic E-state index is 13.4. The van der Waals surface area contributed by atoms with Gasteiger partial charge < -0.3 is 4.74 Å². The number of aryl methyl sites for hydroxylation is 1. The number of piperazine rings is 1. The predicted octanol–water partition coefficient (Wildman–Crippen LogP) is 1.23. The largest absolute Gasteiger partial charge is 0.380 e. The fraction of sp³-hybridized carbons (Fsp3) is 0.600. The summed E-state index contributed by atoms with van der Waals surface area (Å²) < 4.78 is 45.7. The third-order valence-electron chi connectivity index (χ3n) is 4.46. The average molecular weight is 328 g/mol. The van der Waals surface area contributed by atoms with Gasteiger partial charge in [-0.05, 0) is 31.0 Å². The quantitative estimate of drug-likeness (QED) is 0.837. The second-order valence-electron chi connectivity index (χ2n) is 5.87. The molecule has 1 aromatic rings. The van der Waals surface area contributed by atoms with Gasteiger partial charge in [0.2, 0.25) is 10.0 Å². The Kier molecular flexibility index (Phi) is 4.49. The van der Waals surface area contributed by atoms with Crippen LogP contribution in [0.15, 0.2) is 23.1 Å². The lowest BCUT2D eigenvalue weighted by molar-refractivity contribution is 0.113. The van der Waals surface area contributed by atoms with Crippen LogP contribution in [-0.4, -0.2) is 63.1 Å². The fourth-order valence-corrected chi connectivity index (χ4v) is 4.77. The number of hydrogen-bond donors (Lipinski definition) is 0. The van der Waals surface area contributed by atoms with Crippen molar-refractivity contribution in [2.75, 3.05) is 39.4 Å². The minimum absolute atomic E-state index is 0.0742. The molecule has 2 saturated heterocycles. The number of ether oxygens (including phenoxy) is 1. The molecule has 1 atom stereocenters. The monoisotopic (exact) mass is 328 g/mol. The van der Waals surface area contributed by atoms with Gasteiger partial charge in [0.25, 0.3) is 0 Å². The zero-order valence-electron chi connectivity index (χ0n) is 12.7. The van der Waals surface area contributed by atoms with Gasteiger partial charge in [-0.25, -0.2) is 12.8 Å². The molecule has 3 rings (SSSR count). The van der Waals surface area contributed by atoms with Crippen LogP contribution in [0, 0.1) is 12.7 Å². The van der Waals surface area contributed by atoms with Gasteiger partial charge in [-0.2, -0.15) is 4.31 Å². The van der Waals surface area contributed by atoms with Crippen molar-refractivity contribution in [1.29, 1.82) is 0 Å². The highest BCUT2D eigenvalue weighted by molar-refractivity contribution is 7.89. The molecule has 22 heavy (non-hydrogen) atoms. The Labute approximate surface area is 130 Å². The Morgan fingerprint density at radius 1 is 1.23 bits per heavy atom. The predicted molar refractivity (Wildman–Crippen MR) is 80.7 cm³/mol. The summed E-state index contributed by atoms with van der Waals surface area (Å²) >= 11 is 0. The lowest BCUT2D eigenvalue weighted by atomic mass is 10.2. The highest BCUT2D eigenvalue weighted by Gasteiger charge is 2.33. The summed E-state index contributed by atoms with van der Waals surface area (Å²) in [6.45, 7) is 5.48. The fourth-order valence-electron chi connectivity index (χ4n) is 3.11. The first-order chi connectivity index (χ1) is 10.5. The molecule has 0 aromatic heterocycles. The van der Waals surface area contributed by atoms with Crippen LogP contribution in [0.5, 0.6) is 0 Å². The van der Waals surface area contributed by atoms with Crippen LogP contribution in [-0.2, 0) is 14.8 Å². The van der Waals surface area contributed by atoms with Crippen molar-refractivity contribution in [2.24, 2.45) is 0 Å². The maximum atomic E-state index is 13.4. The van der Waals surface area contributed by atoms with Crippen LogP contribution >= 0.6 is 0 Å². The van der Waals surface area contributed by atoms with Crippen molar-refractivity contribution < 1.29 is 17.5 Å². The minimum atomic E-state index is -3.63. The van der Waals surface area contributed by atoms with E-state index < -0.39 is 15.8 Å². The molecular weight excluding hydrogens is 307 g/mol. The van der Waals surface area contributed by atoms with Crippen LogP contribution in [0.4, 0.5) is 4.39 Å². The molecule has 0 saturated carbocycles. The minimum Gasteiger partial charge on any atom is -0.380 e. The molecule has 7 heteroatoms. The van der Waals surface area contributed by atoms with E-state index in [1.807, 2.05) is 0 Å². The van der Waals surface area contributed by atoms with E-state index in [4.69, 9.17) is 4.74 Å². The maximum Gasteiger partial charge on any atom is 0.243 e. The Balaban J connectivity index is 1.73. The highest BCUT2D eigenvalue weighted by atomic mass is 32.2. The van der Waals surface area contributed by atoms with Crippen molar-refractivity contribution in [3.63, 3.8) is 0 Å². The van der Waals surface area contributed by atoms with Crippen LogP contribution < -0.4 is 0 Å². The molecule has 0 unspecified atom stereocenters. The number of nitrogens with zero attached hydrogens (tertiary/aromatic N) is 2. The van der Waals surface area contributed by atoms with Crippen molar-refractivity contribution in [3.8, 4) is 0 Å². The van der Waals surface area contributed by atoms with Crippen LogP contribution in [0.25, 0.3) is 0 Å². The summed E-state index contributed by atoms with van der Waals surface area (Å²) in [4.78, 5) is 2.36. The lowest BCUT2D eigenvalue weighted by Crippen LogP contribution is -2.52. The van der Waals surface area contributed by atoms with Crippen molar-refractivity contribution >= 4 is 10.0 Å². The van der Waals surface area contributed by atoms with E-state index in [2.05, 4.69) is 4.90 Å². The van der Waals surface area contributed by atoms with E-state index >= 15 is 0 Å². The van der Waals surface area contributed by atoms with E-state index in [0.29, 0.717) is 37.8 Å². The topological polar surface area (TPSA) is 49.9 Å². The average Bonchev–Trinajstić information content (AvgIpc) is 3.04. The number of sulfonamides is 1. The zero-order valence-corrected chi connectivity index (χ0v) is 13.5. The number of rotatable bonds is 3. The second-order valence-corrected chi connectivity index (χ2v) is 7.77. The van der Waals surface area contributed by atoms with Gasteiger partial charge in [-0.1, -0.05) is 6.07 Å². The SMILES string of the molecule is Cc1ccc(F)cc1S(=O)(=O)N1CCN([C@@H]2CCOC2)CC1. The van der Waals surface area contributed by atoms with Gasteiger partial charge in [0.15, 0.2) is 0 Å². The molecular formula is C15H21FN2O3S. The Hall–Kier alpha value is -1.02. The number of benzene rings is 1. The summed E-state index contributed by atoms with van der Waals surface area (Å²) in [5.41, 5.74) is 0.577. The van der Waals surface area contributed by atoms with Crippen molar-refractivity contribution in [1.82, 2.24) is 9.21 Å². The van der Waals surface area contributed by atoms with Gasteiger partial charge >= 0.3 is 0 Å². The molecule has 0 bridgehead atoms. The Morgan fingerprint density at radius 2 is 1.95 bits per heavy atom. The second kappa shape index (κ2) is 6.23.